The lowest BCUT2D eigenvalue weighted by molar-refractivity contribution is 0.0783. The Bertz CT molecular complexity index is 957. The zero-order chi connectivity index (χ0) is 16.5. The number of aromatic amines is 1. The van der Waals surface area contributed by atoms with E-state index in [-0.39, 0.29) is 13.2 Å². The minimum Gasteiger partial charge on any atom is -0.394 e. The van der Waals surface area contributed by atoms with Crippen molar-refractivity contribution in [3.63, 3.8) is 0 Å². The molecule has 0 spiro atoms. The van der Waals surface area contributed by atoms with E-state index in [2.05, 4.69) is 20.4 Å². The number of aromatic nitrogens is 7. The van der Waals surface area contributed by atoms with E-state index in [1.54, 1.807) is 40.2 Å². The Hall–Kier alpha value is -3.04. The summed E-state index contributed by atoms with van der Waals surface area (Å²) in [5.41, 5.74) is 4.00. The second-order valence-electron chi connectivity index (χ2n) is 5.41. The SMILES string of the molecule is OCC(O)Cn1cc(-c2cn3nccc3c(-c3cn[nH]c3)n2)cn1. The Labute approximate surface area is 136 Å². The summed E-state index contributed by atoms with van der Waals surface area (Å²) >= 11 is 0. The summed E-state index contributed by atoms with van der Waals surface area (Å²) in [6, 6.07) is 1.89. The Morgan fingerprint density at radius 2 is 2.08 bits per heavy atom. The van der Waals surface area contributed by atoms with E-state index in [9.17, 15) is 5.11 Å². The lowest BCUT2D eigenvalue weighted by atomic mass is 10.2. The van der Waals surface area contributed by atoms with Gasteiger partial charge in [0.05, 0.1) is 60.9 Å². The van der Waals surface area contributed by atoms with E-state index in [1.165, 1.54) is 0 Å². The zero-order valence-electron chi connectivity index (χ0n) is 12.6. The van der Waals surface area contributed by atoms with Gasteiger partial charge in [0.1, 0.15) is 0 Å². The molecule has 0 aliphatic carbocycles. The predicted octanol–water partition coefficient (Wildman–Crippen LogP) is 0.336. The Kier molecular flexibility index (Phi) is 3.56. The van der Waals surface area contributed by atoms with Crippen LogP contribution in [0.3, 0.4) is 0 Å². The van der Waals surface area contributed by atoms with Gasteiger partial charge in [0, 0.05) is 23.5 Å². The standard InChI is InChI=1S/C15H15N7O2/c23-9-12(24)7-21-6-11(5-19-21)13-8-22-14(1-2-18-22)15(20-13)10-3-16-17-4-10/h1-6,8,12,23-24H,7,9H2,(H,16,17). The Morgan fingerprint density at radius 3 is 2.88 bits per heavy atom. The molecule has 3 N–H and O–H groups in total. The molecule has 0 saturated carbocycles. The van der Waals surface area contributed by atoms with Gasteiger partial charge in [-0.3, -0.25) is 9.78 Å². The summed E-state index contributed by atoms with van der Waals surface area (Å²) in [4.78, 5) is 4.71. The number of aliphatic hydroxyl groups is 2. The molecule has 122 valence electrons. The van der Waals surface area contributed by atoms with Crippen molar-refractivity contribution >= 4 is 5.52 Å². The van der Waals surface area contributed by atoms with Gasteiger partial charge in [-0.2, -0.15) is 15.3 Å². The van der Waals surface area contributed by atoms with Crippen LogP contribution < -0.4 is 0 Å². The molecule has 4 aromatic heterocycles. The van der Waals surface area contributed by atoms with Gasteiger partial charge in [-0.05, 0) is 6.07 Å². The molecular weight excluding hydrogens is 310 g/mol. The fourth-order valence-corrected chi connectivity index (χ4v) is 2.53. The number of hydrogen-bond acceptors (Lipinski definition) is 6. The fourth-order valence-electron chi connectivity index (χ4n) is 2.53. The normalized spacial score (nSPS) is 12.8. The fraction of sp³-hybridized carbons (Fsp3) is 0.200. The molecule has 1 atom stereocenters. The quantitative estimate of drug-likeness (QED) is 0.487. The van der Waals surface area contributed by atoms with E-state index in [0.29, 0.717) is 5.69 Å². The molecule has 0 bridgehead atoms. The summed E-state index contributed by atoms with van der Waals surface area (Å²) in [5, 5.41) is 33.7. The second-order valence-corrected chi connectivity index (χ2v) is 5.41. The van der Waals surface area contributed by atoms with Crippen molar-refractivity contribution in [1.29, 1.82) is 0 Å². The molecule has 0 aliphatic rings. The number of nitrogens with one attached hydrogen (secondary N) is 1. The van der Waals surface area contributed by atoms with E-state index < -0.39 is 6.10 Å². The molecule has 0 fully saturated rings. The van der Waals surface area contributed by atoms with Gasteiger partial charge in [-0.15, -0.1) is 0 Å². The van der Waals surface area contributed by atoms with Gasteiger partial charge in [0.2, 0.25) is 0 Å². The van der Waals surface area contributed by atoms with Crippen LogP contribution in [0.5, 0.6) is 0 Å². The number of fused-ring (bicyclic) bond motifs is 1. The van der Waals surface area contributed by atoms with Crippen LogP contribution in [-0.2, 0) is 6.54 Å². The largest absolute Gasteiger partial charge is 0.394 e. The van der Waals surface area contributed by atoms with Crippen molar-refractivity contribution < 1.29 is 10.2 Å². The van der Waals surface area contributed by atoms with Crippen LogP contribution in [0.2, 0.25) is 0 Å². The Balaban J connectivity index is 1.77. The van der Waals surface area contributed by atoms with Crippen LogP contribution in [0, 0.1) is 0 Å². The summed E-state index contributed by atoms with van der Waals surface area (Å²) in [6.07, 6.45) is 9.62. The number of H-pyrrole nitrogens is 1. The molecule has 9 heteroatoms. The average molecular weight is 325 g/mol. The third kappa shape index (κ3) is 2.55. The molecule has 4 heterocycles. The molecule has 4 rings (SSSR count). The lowest BCUT2D eigenvalue weighted by Gasteiger charge is -2.06. The minimum absolute atomic E-state index is 0.217. The molecular formula is C15H15N7O2. The summed E-state index contributed by atoms with van der Waals surface area (Å²) in [7, 11) is 0. The van der Waals surface area contributed by atoms with Gasteiger partial charge >= 0.3 is 0 Å². The number of hydrogen-bond donors (Lipinski definition) is 3. The number of rotatable bonds is 5. The maximum Gasteiger partial charge on any atom is 0.0999 e. The molecule has 24 heavy (non-hydrogen) atoms. The first-order chi connectivity index (χ1) is 11.7. The van der Waals surface area contributed by atoms with Gasteiger partial charge in [0.15, 0.2) is 0 Å². The molecule has 9 nitrogen and oxygen atoms in total. The van der Waals surface area contributed by atoms with E-state index >= 15 is 0 Å². The zero-order valence-corrected chi connectivity index (χ0v) is 12.6. The highest BCUT2D eigenvalue weighted by molar-refractivity contribution is 5.78. The van der Waals surface area contributed by atoms with E-state index in [1.807, 2.05) is 12.3 Å². The van der Waals surface area contributed by atoms with Crippen LogP contribution in [0.25, 0.3) is 28.0 Å². The minimum atomic E-state index is -0.846. The molecule has 0 aromatic carbocycles. The van der Waals surface area contributed by atoms with E-state index in [0.717, 1.165) is 22.3 Å². The first-order valence-corrected chi connectivity index (χ1v) is 7.40. The molecule has 0 saturated heterocycles. The van der Waals surface area contributed by atoms with Gasteiger partial charge in [0.25, 0.3) is 0 Å². The van der Waals surface area contributed by atoms with Gasteiger partial charge < -0.3 is 10.2 Å². The van der Waals surface area contributed by atoms with Crippen molar-refractivity contribution in [2.24, 2.45) is 0 Å². The van der Waals surface area contributed by atoms with Gasteiger partial charge in [-0.25, -0.2) is 9.50 Å². The summed E-state index contributed by atoms with van der Waals surface area (Å²) < 4.78 is 3.33. The van der Waals surface area contributed by atoms with Crippen LogP contribution in [0.1, 0.15) is 0 Å². The van der Waals surface area contributed by atoms with Crippen LogP contribution in [0.15, 0.2) is 43.2 Å². The molecule has 0 aliphatic heterocycles. The van der Waals surface area contributed by atoms with Crippen LogP contribution in [-0.4, -0.2) is 57.5 Å². The highest BCUT2D eigenvalue weighted by atomic mass is 16.3. The average Bonchev–Trinajstić information content (AvgIpc) is 3.34. The Morgan fingerprint density at radius 1 is 1.17 bits per heavy atom. The summed E-state index contributed by atoms with van der Waals surface area (Å²) in [5.74, 6) is 0. The smallest absolute Gasteiger partial charge is 0.0999 e. The topological polar surface area (TPSA) is 117 Å². The van der Waals surface area contributed by atoms with Crippen molar-refractivity contribution in [2.75, 3.05) is 6.61 Å². The summed E-state index contributed by atoms with van der Waals surface area (Å²) in [6.45, 7) is -0.0908. The van der Waals surface area contributed by atoms with Crippen molar-refractivity contribution in [2.45, 2.75) is 12.6 Å². The van der Waals surface area contributed by atoms with Gasteiger partial charge in [-0.1, -0.05) is 0 Å². The predicted molar refractivity (Wildman–Crippen MR) is 84.9 cm³/mol. The van der Waals surface area contributed by atoms with Crippen LogP contribution >= 0.6 is 0 Å². The molecule has 1 unspecified atom stereocenters. The third-order valence-electron chi connectivity index (χ3n) is 3.70. The van der Waals surface area contributed by atoms with Crippen LogP contribution in [0.4, 0.5) is 0 Å². The molecule has 4 aromatic rings. The number of aliphatic hydroxyl groups excluding tert-OH is 2. The first kappa shape index (κ1) is 14.5. The monoisotopic (exact) mass is 325 g/mol. The molecule has 0 amide bonds. The maximum atomic E-state index is 9.52. The number of nitrogens with zero attached hydrogens (tertiary/aromatic N) is 6. The third-order valence-corrected chi connectivity index (χ3v) is 3.70. The maximum absolute atomic E-state index is 9.52. The first-order valence-electron chi connectivity index (χ1n) is 7.40. The highest BCUT2D eigenvalue weighted by Crippen LogP contribution is 2.25. The highest BCUT2D eigenvalue weighted by Gasteiger charge is 2.13. The van der Waals surface area contributed by atoms with Crippen molar-refractivity contribution in [1.82, 2.24) is 34.6 Å². The van der Waals surface area contributed by atoms with Crippen molar-refractivity contribution in [3.8, 4) is 22.5 Å². The molecule has 0 radical (unpaired) electrons. The van der Waals surface area contributed by atoms with Crippen molar-refractivity contribution in [3.05, 3.63) is 43.2 Å². The lowest BCUT2D eigenvalue weighted by Crippen LogP contribution is -2.19. The van der Waals surface area contributed by atoms with E-state index in [4.69, 9.17) is 10.1 Å². The second kappa shape index (κ2) is 5.87.